The zero-order chi connectivity index (χ0) is 19.0. The fraction of sp³-hybridized carbons (Fsp3) is 0.611. The molecule has 1 fully saturated rings. The number of nitrogens with two attached hydrogens (primary N) is 1. The van der Waals surface area contributed by atoms with Crippen molar-refractivity contribution in [3.8, 4) is 0 Å². The lowest BCUT2D eigenvalue weighted by atomic mass is 9.91. The van der Waals surface area contributed by atoms with Crippen molar-refractivity contribution in [2.75, 3.05) is 13.2 Å². The summed E-state index contributed by atoms with van der Waals surface area (Å²) in [7, 11) is 0. The summed E-state index contributed by atoms with van der Waals surface area (Å²) in [5, 5.41) is 0. The molecule has 0 radical (unpaired) electrons. The van der Waals surface area contributed by atoms with Crippen molar-refractivity contribution in [3.63, 3.8) is 0 Å². The molecule has 8 heteroatoms. The van der Waals surface area contributed by atoms with Crippen LogP contribution in [0.4, 0.5) is 13.2 Å². The standard InChI is InChI=1S/C18H25F3N2O3/c19-18(20,21)14-7-5-6-13(12-14)15(17(24)23-22)8-1-3-10-25-16-9-2-4-11-26-16/h5-7,12,15-16H,1-4,8-11,22H2,(H,23,24). The third kappa shape index (κ3) is 6.26. The Kier molecular flexibility index (Phi) is 7.86. The molecule has 0 aromatic heterocycles. The van der Waals surface area contributed by atoms with Gasteiger partial charge in [-0.25, -0.2) is 5.84 Å². The van der Waals surface area contributed by atoms with Gasteiger partial charge in [-0.3, -0.25) is 10.2 Å². The molecule has 1 aliphatic heterocycles. The summed E-state index contributed by atoms with van der Waals surface area (Å²) < 4.78 is 49.8. The van der Waals surface area contributed by atoms with Crippen LogP contribution in [0, 0.1) is 0 Å². The zero-order valence-electron chi connectivity index (χ0n) is 14.6. The maximum Gasteiger partial charge on any atom is 0.416 e. The van der Waals surface area contributed by atoms with Crippen LogP contribution >= 0.6 is 0 Å². The van der Waals surface area contributed by atoms with Crippen LogP contribution in [-0.2, 0) is 20.4 Å². The predicted molar refractivity (Wildman–Crippen MR) is 89.9 cm³/mol. The summed E-state index contributed by atoms with van der Waals surface area (Å²) in [4.78, 5) is 12.0. The SMILES string of the molecule is NNC(=O)C(CCCCOC1CCCCO1)c1cccc(C(F)(F)F)c1. The quantitative estimate of drug-likeness (QED) is 0.316. The summed E-state index contributed by atoms with van der Waals surface area (Å²) in [5.41, 5.74) is 1.57. The van der Waals surface area contributed by atoms with Crippen LogP contribution in [0.1, 0.15) is 55.6 Å². The number of nitrogens with one attached hydrogen (secondary N) is 1. The molecule has 26 heavy (non-hydrogen) atoms. The topological polar surface area (TPSA) is 73.6 Å². The highest BCUT2D eigenvalue weighted by Crippen LogP contribution is 2.32. The van der Waals surface area contributed by atoms with E-state index in [2.05, 4.69) is 0 Å². The number of ether oxygens (including phenoxy) is 2. The van der Waals surface area contributed by atoms with E-state index in [-0.39, 0.29) is 6.29 Å². The first-order valence-electron chi connectivity index (χ1n) is 8.82. The van der Waals surface area contributed by atoms with Crippen LogP contribution < -0.4 is 11.3 Å². The van der Waals surface area contributed by atoms with E-state index in [9.17, 15) is 18.0 Å². The van der Waals surface area contributed by atoms with Crippen LogP contribution in [0.2, 0.25) is 0 Å². The van der Waals surface area contributed by atoms with Gasteiger partial charge in [0.05, 0.1) is 11.5 Å². The van der Waals surface area contributed by atoms with Gasteiger partial charge in [0.2, 0.25) is 5.91 Å². The second-order valence-electron chi connectivity index (χ2n) is 6.35. The number of rotatable bonds is 8. The lowest BCUT2D eigenvalue weighted by Gasteiger charge is -2.23. The number of halogens is 3. The van der Waals surface area contributed by atoms with Gasteiger partial charge in [-0.2, -0.15) is 13.2 Å². The second kappa shape index (κ2) is 9.89. The van der Waals surface area contributed by atoms with Crippen molar-refractivity contribution in [1.29, 1.82) is 0 Å². The summed E-state index contributed by atoms with van der Waals surface area (Å²) in [6.07, 6.45) is 0.0881. The van der Waals surface area contributed by atoms with E-state index in [0.717, 1.165) is 31.4 Å². The van der Waals surface area contributed by atoms with Crippen LogP contribution in [0.5, 0.6) is 0 Å². The van der Waals surface area contributed by atoms with Crippen LogP contribution in [0.3, 0.4) is 0 Å². The molecule has 1 aromatic rings. The fourth-order valence-corrected chi connectivity index (χ4v) is 2.99. The van der Waals surface area contributed by atoms with E-state index in [0.29, 0.717) is 38.0 Å². The summed E-state index contributed by atoms with van der Waals surface area (Å²) in [6.45, 7) is 1.20. The molecule has 2 unspecified atom stereocenters. The van der Waals surface area contributed by atoms with Crippen molar-refractivity contribution in [3.05, 3.63) is 35.4 Å². The zero-order valence-corrected chi connectivity index (χ0v) is 14.6. The maximum atomic E-state index is 12.9. The molecule has 0 bridgehead atoms. The molecule has 5 nitrogen and oxygen atoms in total. The monoisotopic (exact) mass is 374 g/mol. The van der Waals surface area contributed by atoms with E-state index >= 15 is 0 Å². The largest absolute Gasteiger partial charge is 0.416 e. The molecular formula is C18H25F3N2O3. The van der Waals surface area contributed by atoms with E-state index in [1.165, 1.54) is 12.1 Å². The molecule has 1 heterocycles. The number of carbonyl (C=O) groups is 1. The molecule has 0 saturated carbocycles. The van der Waals surface area contributed by atoms with Crippen LogP contribution in [0.25, 0.3) is 0 Å². The highest BCUT2D eigenvalue weighted by molar-refractivity contribution is 5.83. The average molecular weight is 374 g/mol. The number of hydrazine groups is 1. The minimum atomic E-state index is -4.45. The number of hydrogen-bond donors (Lipinski definition) is 2. The Bertz CT molecular complexity index is 575. The molecule has 3 N–H and O–H groups in total. The molecule has 1 saturated heterocycles. The Morgan fingerprint density at radius 2 is 2.15 bits per heavy atom. The summed E-state index contributed by atoms with van der Waals surface area (Å²) in [6, 6.07) is 4.81. The lowest BCUT2D eigenvalue weighted by Crippen LogP contribution is -2.35. The smallest absolute Gasteiger partial charge is 0.353 e. The fourth-order valence-electron chi connectivity index (χ4n) is 2.99. The first-order valence-corrected chi connectivity index (χ1v) is 8.82. The van der Waals surface area contributed by atoms with Gasteiger partial charge in [0, 0.05) is 13.2 Å². The van der Waals surface area contributed by atoms with Crippen molar-refractivity contribution in [1.82, 2.24) is 5.43 Å². The van der Waals surface area contributed by atoms with Gasteiger partial charge in [-0.05, 0) is 43.7 Å². The Balaban J connectivity index is 1.88. The molecule has 1 aromatic carbocycles. The first-order chi connectivity index (χ1) is 12.4. The molecular weight excluding hydrogens is 349 g/mol. The van der Waals surface area contributed by atoms with E-state index in [1.54, 1.807) is 0 Å². The normalized spacial score (nSPS) is 19.2. The minimum absolute atomic E-state index is 0.171. The first kappa shape index (κ1) is 20.7. The maximum absolute atomic E-state index is 12.9. The number of alkyl halides is 3. The Morgan fingerprint density at radius 3 is 2.81 bits per heavy atom. The van der Waals surface area contributed by atoms with Crippen molar-refractivity contribution < 1.29 is 27.4 Å². The number of carbonyl (C=O) groups excluding carboxylic acids is 1. The number of hydrogen-bond acceptors (Lipinski definition) is 4. The molecule has 2 atom stereocenters. The van der Waals surface area contributed by atoms with Gasteiger partial charge in [0.1, 0.15) is 0 Å². The van der Waals surface area contributed by atoms with E-state index < -0.39 is 23.6 Å². The van der Waals surface area contributed by atoms with Crippen LogP contribution in [0.15, 0.2) is 24.3 Å². The molecule has 0 aliphatic carbocycles. The third-order valence-electron chi connectivity index (χ3n) is 4.40. The van der Waals surface area contributed by atoms with Gasteiger partial charge < -0.3 is 9.47 Å². The molecule has 1 amide bonds. The van der Waals surface area contributed by atoms with Crippen molar-refractivity contribution in [2.45, 2.75) is 56.9 Å². The lowest BCUT2D eigenvalue weighted by molar-refractivity contribution is -0.162. The molecule has 0 spiro atoms. The molecule has 2 rings (SSSR count). The number of unbranched alkanes of at least 4 members (excludes halogenated alkanes) is 1. The predicted octanol–water partition coefficient (Wildman–Crippen LogP) is 3.49. The Hall–Kier alpha value is -1.64. The average Bonchev–Trinajstić information content (AvgIpc) is 2.64. The van der Waals surface area contributed by atoms with Gasteiger partial charge in [-0.1, -0.05) is 24.6 Å². The Morgan fingerprint density at radius 1 is 1.35 bits per heavy atom. The van der Waals surface area contributed by atoms with E-state index in [1.807, 2.05) is 5.43 Å². The summed E-state index contributed by atoms with van der Waals surface area (Å²) >= 11 is 0. The highest BCUT2D eigenvalue weighted by Gasteiger charge is 2.31. The number of amides is 1. The van der Waals surface area contributed by atoms with Gasteiger partial charge in [0.25, 0.3) is 0 Å². The van der Waals surface area contributed by atoms with Gasteiger partial charge in [-0.15, -0.1) is 0 Å². The molecule has 146 valence electrons. The number of benzene rings is 1. The third-order valence-corrected chi connectivity index (χ3v) is 4.40. The van der Waals surface area contributed by atoms with E-state index in [4.69, 9.17) is 15.3 Å². The Labute approximate surface area is 151 Å². The van der Waals surface area contributed by atoms with Gasteiger partial charge >= 0.3 is 6.18 Å². The van der Waals surface area contributed by atoms with Crippen molar-refractivity contribution >= 4 is 5.91 Å². The highest BCUT2D eigenvalue weighted by atomic mass is 19.4. The second-order valence-corrected chi connectivity index (χ2v) is 6.35. The summed E-state index contributed by atoms with van der Waals surface area (Å²) in [5.74, 6) is 3.97. The van der Waals surface area contributed by atoms with Gasteiger partial charge in [0.15, 0.2) is 6.29 Å². The van der Waals surface area contributed by atoms with Crippen molar-refractivity contribution in [2.24, 2.45) is 5.84 Å². The molecule has 1 aliphatic rings. The van der Waals surface area contributed by atoms with Crippen LogP contribution in [-0.4, -0.2) is 25.4 Å². The minimum Gasteiger partial charge on any atom is -0.353 e.